The molecule has 1 spiro atoms. The first-order valence-electron chi connectivity index (χ1n) is 8.41. The highest BCUT2D eigenvalue weighted by Gasteiger charge is 2.47. The summed E-state index contributed by atoms with van der Waals surface area (Å²) in [6, 6.07) is 1.79. The first kappa shape index (κ1) is 15.3. The standard InChI is InChI=1S/C16H21N5O3/c22-14(19-10-12-3-1-8-23-12)13-9-16(24-20-13)4-7-21(11-16)15-17-5-2-6-18-15/h2,5-6,12H,1,3-4,7-11H2,(H,19,22)/t12-,16-/m0/s1. The average Bonchev–Trinajstić information content (AvgIpc) is 3.36. The molecular formula is C16H21N5O3. The summed E-state index contributed by atoms with van der Waals surface area (Å²) in [5.41, 5.74) is 0.0271. The van der Waals surface area contributed by atoms with Crippen LogP contribution in [0.15, 0.2) is 23.6 Å². The minimum atomic E-state index is -0.435. The third-order valence-corrected chi connectivity index (χ3v) is 4.77. The molecule has 2 atom stereocenters. The van der Waals surface area contributed by atoms with E-state index < -0.39 is 5.60 Å². The predicted octanol–water partition coefficient (Wildman–Crippen LogP) is 0.497. The lowest BCUT2D eigenvalue weighted by molar-refractivity contribution is -0.115. The average molecular weight is 331 g/mol. The van der Waals surface area contributed by atoms with Crippen LogP contribution in [0.4, 0.5) is 5.95 Å². The molecule has 8 nitrogen and oxygen atoms in total. The third-order valence-electron chi connectivity index (χ3n) is 4.77. The molecule has 4 heterocycles. The largest absolute Gasteiger partial charge is 0.386 e. The highest BCUT2D eigenvalue weighted by molar-refractivity contribution is 6.39. The molecule has 8 heteroatoms. The maximum atomic E-state index is 12.3. The Morgan fingerprint density at radius 3 is 3.08 bits per heavy atom. The summed E-state index contributed by atoms with van der Waals surface area (Å²) in [7, 11) is 0. The Bertz CT molecular complexity index is 632. The van der Waals surface area contributed by atoms with Crippen molar-refractivity contribution >= 4 is 17.6 Å². The van der Waals surface area contributed by atoms with E-state index in [0.29, 0.717) is 31.2 Å². The van der Waals surface area contributed by atoms with E-state index in [-0.39, 0.29) is 12.0 Å². The Balaban J connectivity index is 1.31. The summed E-state index contributed by atoms with van der Waals surface area (Å²) in [6.45, 7) is 2.76. The van der Waals surface area contributed by atoms with E-state index >= 15 is 0 Å². The zero-order valence-corrected chi connectivity index (χ0v) is 13.5. The first-order chi connectivity index (χ1) is 11.7. The molecule has 0 bridgehead atoms. The number of carbonyl (C=O) groups is 1. The van der Waals surface area contributed by atoms with Crippen LogP contribution in [-0.2, 0) is 14.4 Å². The van der Waals surface area contributed by atoms with Gasteiger partial charge in [0, 0.05) is 44.9 Å². The summed E-state index contributed by atoms with van der Waals surface area (Å²) >= 11 is 0. The molecule has 128 valence electrons. The van der Waals surface area contributed by atoms with Crippen molar-refractivity contribution in [1.82, 2.24) is 15.3 Å². The van der Waals surface area contributed by atoms with Gasteiger partial charge in [-0.25, -0.2) is 9.97 Å². The Morgan fingerprint density at radius 1 is 1.42 bits per heavy atom. The summed E-state index contributed by atoms with van der Waals surface area (Å²) < 4.78 is 5.52. The Labute approximate surface area is 140 Å². The molecule has 0 saturated carbocycles. The number of carbonyl (C=O) groups excluding carboxylic acids is 1. The minimum absolute atomic E-state index is 0.128. The molecule has 0 aliphatic carbocycles. The van der Waals surface area contributed by atoms with Crippen molar-refractivity contribution in [2.24, 2.45) is 5.16 Å². The molecule has 1 aromatic heterocycles. The number of ether oxygens (including phenoxy) is 1. The minimum Gasteiger partial charge on any atom is -0.386 e. The number of hydrogen-bond acceptors (Lipinski definition) is 7. The topological polar surface area (TPSA) is 88.9 Å². The van der Waals surface area contributed by atoms with Gasteiger partial charge >= 0.3 is 0 Å². The monoisotopic (exact) mass is 331 g/mol. The summed E-state index contributed by atoms with van der Waals surface area (Å²) in [5.74, 6) is 0.533. The van der Waals surface area contributed by atoms with Gasteiger partial charge in [-0.2, -0.15) is 0 Å². The van der Waals surface area contributed by atoms with E-state index in [4.69, 9.17) is 9.57 Å². The molecule has 2 fully saturated rings. The molecule has 1 amide bonds. The smallest absolute Gasteiger partial charge is 0.269 e. The summed E-state index contributed by atoms with van der Waals surface area (Å²) in [5, 5.41) is 6.94. The van der Waals surface area contributed by atoms with Gasteiger partial charge in [-0.05, 0) is 18.9 Å². The van der Waals surface area contributed by atoms with Crippen LogP contribution in [0.2, 0.25) is 0 Å². The lowest BCUT2D eigenvalue weighted by Gasteiger charge is -2.21. The summed E-state index contributed by atoms with van der Waals surface area (Å²) in [6.07, 6.45) is 6.96. The molecule has 24 heavy (non-hydrogen) atoms. The number of aromatic nitrogens is 2. The zero-order chi connectivity index (χ0) is 16.4. The van der Waals surface area contributed by atoms with E-state index in [9.17, 15) is 4.79 Å². The van der Waals surface area contributed by atoms with Crippen molar-refractivity contribution in [3.8, 4) is 0 Å². The fraction of sp³-hybridized carbons (Fsp3) is 0.625. The maximum Gasteiger partial charge on any atom is 0.269 e. The van der Waals surface area contributed by atoms with Gasteiger partial charge in [-0.3, -0.25) is 4.79 Å². The molecule has 1 aromatic rings. The molecule has 4 rings (SSSR count). The number of hydrogen-bond donors (Lipinski definition) is 1. The van der Waals surface area contributed by atoms with Gasteiger partial charge in [0.1, 0.15) is 5.71 Å². The van der Waals surface area contributed by atoms with Crippen LogP contribution in [0.25, 0.3) is 0 Å². The number of anilines is 1. The molecule has 0 radical (unpaired) electrons. The number of rotatable bonds is 4. The van der Waals surface area contributed by atoms with Crippen LogP contribution in [-0.4, -0.2) is 59.5 Å². The maximum absolute atomic E-state index is 12.3. The van der Waals surface area contributed by atoms with Gasteiger partial charge in [-0.15, -0.1) is 0 Å². The normalized spacial score (nSPS) is 28.9. The first-order valence-corrected chi connectivity index (χ1v) is 8.41. The molecule has 1 N–H and O–H groups in total. The fourth-order valence-corrected chi connectivity index (χ4v) is 3.45. The second-order valence-electron chi connectivity index (χ2n) is 6.55. The quantitative estimate of drug-likeness (QED) is 0.864. The molecular weight excluding hydrogens is 310 g/mol. The van der Waals surface area contributed by atoms with Gasteiger partial charge in [0.25, 0.3) is 5.91 Å². The lowest BCUT2D eigenvalue weighted by Crippen LogP contribution is -2.39. The van der Waals surface area contributed by atoms with Crippen molar-refractivity contribution in [1.29, 1.82) is 0 Å². The van der Waals surface area contributed by atoms with Gasteiger partial charge in [0.15, 0.2) is 5.60 Å². The highest BCUT2D eigenvalue weighted by atomic mass is 16.7. The van der Waals surface area contributed by atoms with Gasteiger partial charge < -0.3 is 19.8 Å². The molecule has 0 unspecified atom stereocenters. The van der Waals surface area contributed by atoms with Crippen LogP contribution < -0.4 is 10.2 Å². The van der Waals surface area contributed by atoms with E-state index in [1.54, 1.807) is 18.5 Å². The third kappa shape index (κ3) is 3.06. The van der Waals surface area contributed by atoms with Crippen LogP contribution in [0.1, 0.15) is 25.7 Å². The van der Waals surface area contributed by atoms with Crippen molar-refractivity contribution < 1.29 is 14.4 Å². The molecule has 3 aliphatic heterocycles. The van der Waals surface area contributed by atoms with Crippen LogP contribution in [0.3, 0.4) is 0 Å². The van der Waals surface area contributed by atoms with Gasteiger partial charge in [0.05, 0.1) is 12.6 Å². The molecule has 0 aromatic carbocycles. The number of oxime groups is 1. The number of amides is 1. The Hall–Kier alpha value is -2.22. The number of nitrogens with zero attached hydrogens (tertiary/aromatic N) is 4. The SMILES string of the molecule is O=C(NC[C@@H]1CCCO1)C1=NO[C@@]2(CCN(c3ncccn3)C2)C1. The Kier molecular flexibility index (Phi) is 4.05. The van der Waals surface area contributed by atoms with Crippen molar-refractivity contribution in [3.05, 3.63) is 18.5 Å². The second-order valence-corrected chi connectivity index (χ2v) is 6.55. The van der Waals surface area contributed by atoms with Gasteiger partial charge in [0.2, 0.25) is 5.95 Å². The van der Waals surface area contributed by atoms with E-state index in [1.165, 1.54) is 0 Å². The van der Waals surface area contributed by atoms with Crippen LogP contribution in [0.5, 0.6) is 0 Å². The molecule has 3 aliphatic rings. The van der Waals surface area contributed by atoms with Crippen molar-refractivity contribution in [2.75, 3.05) is 31.1 Å². The van der Waals surface area contributed by atoms with Gasteiger partial charge in [-0.1, -0.05) is 5.16 Å². The number of nitrogens with one attached hydrogen (secondary N) is 1. The highest BCUT2D eigenvalue weighted by Crippen LogP contribution is 2.35. The van der Waals surface area contributed by atoms with E-state index in [1.807, 2.05) is 0 Å². The predicted molar refractivity (Wildman–Crippen MR) is 86.7 cm³/mol. The van der Waals surface area contributed by atoms with Crippen LogP contribution >= 0.6 is 0 Å². The molecule has 2 saturated heterocycles. The summed E-state index contributed by atoms with van der Waals surface area (Å²) in [4.78, 5) is 28.6. The second kappa shape index (κ2) is 6.35. The van der Waals surface area contributed by atoms with E-state index in [2.05, 4.69) is 25.3 Å². The fourth-order valence-electron chi connectivity index (χ4n) is 3.45. The lowest BCUT2D eigenvalue weighted by atomic mass is 9.96. The van der Waals surface area contributed by atoms with Crippen molar-refractivity contribution in [2.45, 2.75) is 37.4 Å². The van der Waals surface area contributed by atoms with Crippen LogP contribution in [0, 0.1) is 0 Å². The zero-order valence-electron chi connectivity index (χ0n) is 13.5. The van der Waals surface area contributed by atoms with E-state index in [0.717, 1.165) is 32.4 Å². The Morgan fingerprint density at radius 2 is 2.29 bits per heavy atom. The van der Waals surface area contributed by atoms with Crippen molar-refractivity contribution in [3.63, 3.8) is 0 Å².